The molecule has 154 valence electrons. The number of fused-ring (bicyclic) bond motifs is 1. The van der Waals surface area contributed by atoms with Crippen LogP contribution < -0.4 is 9.47 Å². The van der Waals surface area contributed by atoms with Crippen LogP contribution in [0.2, 0.25) is 0 Å². The predicted octanol–water partition coefficient (Wildman–Crippen LogP) is 5.63. The van der Waals surface area contributed by atoms with Gasteiger partial charge in [0.05, 0.1) is 31.6 Å². The summed E-state index contributed by atoms with van der Waals surface area (Å²) in [5.41, 5.74) is 0. The lowest BCUT2D eigenvalue weighted by atomic mass is 10.0. The maximum Gasteiger partial charge on any atom is 0.308 e. The highest BCUT2D eigenvalue weighted by Crippen LogP contribution is 2.37. The summed E-state index contributed by atoms with van der Waals surface area (Å²) in [7, 11) is 2.94. The lowest BCUT2D eigenvalue weighted by Crippen LogP contribution is -2.16. The summed E-state index contributed by atoms with van der Waals surface area (Å²) in [6.45, 7) is 2.34. The number of halogens is 1. The molecule has 28 heavy (non-hydrogen) atoms. The predicted molar refractivity (Wildman–Crippen MR) is 116 cm³/mol. The third-order valence-corrected chi connectivity index (χ3v) is 6.16. The topological polar surface area (TPSA) is 61.8 Å². The SMILES string of the molecule is COC(=O)[C@@H](C)CC(=O)c1cc2cc(OC)c(OCCCCCCBr)cc2s1. The molecule has 5 nitrogen and oxygen atoms in total. The molecule has 1 aromatic heterocycles. The van der Waals surface area contributed by atoms with Gasteiger partial charge in [-0.15, -0.1) is 11.3 Å². The molecular formula is C21H27BrO5S. The van der Waals surface area contributed by atoms with Crippen LogP contribution in [-0.4, -0.2) is 37.9 Å². The van der Waals surface area contributed by atoms with E-state index in [2.05, 4.69) is 15.9 Å². The van der Waals surface area contributed by atoms with Gasteiger partial charge in [-0.1, -0.05) is 35.7 Å². The van der Waals surface area contributed by atoms with Gasteiger partial charge in [0.25, 0.3) is 0 Å². The fraction of sp³-hybridized carbons (Fsp3) is 0.524. The van der Waals surface area contributed by atoms with Crippen LogP contribution in [0, 0.1) is 5.92 Å². The minimum atomic E-state index is -0.458. The van der Waals surface area contributed by atoms with Gasteiger partial charge < -0.3 is 14.2 Å². The molecule has 0 amide bonds. The number of methoxy groups -OCH3 is 2. The number of thiophene rings is 1. The number of esters is 1. The summed E-state index contributed by atoms with van der Waals surface area (Å²) in [5, 5.41) is 1.97. The Morgan fingerprint density at radius 3 is 2.50 bits per heavy atom. The number of unbranched alkanes of at least 4 members (excludes halogenated alkanes) is 3. The third-order valence-electron chi connectivity index (χ3n) is 4.46. The highest BCUT2D eigenvalue weighted by Gasteiger charge is 2.20. The van der Waals surface area contributed by atoms with Crippen LogP contribution in [0.25, 0.3) is 10.1 Å². The van der Waals surface area contributed by atoms with Gasteiger partial charge >= 0.3 is 5.97 Å². The van der Waals surface area contributed by atoms with E-state index in [-0.39, 0.29) is 18.2 Å². The minimum absolute atomic E-state index is 0.0627. The summed E-state index contributed by atoms with van der Waals surface area (Å²) < 4.78 is 17.0. The molecule has 0 fully saturated rings. The molecule has 0 N–H and O–H groups in total. The van der Waals surface area contributed by atoms with Crippen LogP contribution in [0.15, 0.2) is 18.2 Å². The second kappa shape index (κ2) is 11.4. The van der Waals surface area contributed by atoms with Gasteiger partial charge in [-0.2, -0.15) is 0 Å². The minimum Gasteiger partial charge on any atom is -0.493 e. The molecule has 0 radical (unpaired) electrons. The van der Waals surface area contributed by atoms with Crippen molar-refractivity contribution in [3.8, 4) is 11.5 Å². The zero-order valence-electron chi connectivity index (χ0n) is 16.6. The second-order valence-corrected chi connectivity index (χ2v) is 8.53. The molecule has 2 rings (SSSR count). The summed E-state index contributed by atoms with van der Waals surface area (Å²) >= 11 is 4.85. The van der Waals surface area contributed by atoms with Gasteiger partial charge in [0.2, 0.25) is 0 Å². The Morgan fingerprint density at radius 2 is 1.82 bits per heavy atom. The third kappa shape index (κ3) is 6.21. The average molecular weight is 471 g/mol. The molecule has 0 saturated heterocycles. The zero-order chi connectivity index (χ0) is 20.5. The Kier molecular flexibility index (Phi) is 9.25. The molecule has 1 aromatic carbocycles. The van der Waals surface area contributed by atoms with Crippen molar-refractivity contribution in [2.75, 3.05) is 26.2 Å². The molecule has 2 aromatic rings. The first kappa shape index (κ1) is 22.7. The van der Waals surface area contributed by atoms with Crippen molar-refractivity contribution in [1.29, 1.82) is 0 Å². The molecule has 1 heterocycles. The van der Waals surface area contributed by atoms with Crippen LogP contribution >= 0.6 is 27.3 Å². The molecule has 0 spiro atoms. The van der Waals surface area contributed by atoms with Gasteiger partial charge in [0.15, 0.2) is 17.3 Å². The van der Waals surface area contributed by atoms with E-state index in [1.54, 1.807) is 14.0 Å². The van der Waals surface area contributed by atoms with Crippen LogP contribution in [0.3, 0.4) is 0 Å². The van der Waals surface area contributed by atoms with Crippen molar-refractivity contribution in [3.63, 3.8) is 0 Å². The van der Waals surface area contributed by atoms with Gasteiger partial charge in [-0.3, -0.25) is 9.59 Å². The second-order valence-electron chi connectivity index (χ2n) is 6.65. The molecule has 0 aliphatic carbocycles. The number of hydrogen-bond acceptors (Lipinski definition) is 6. The Hall–Kier alpha value is -1.60. The van der Waals surface area contributed by atoms with E-state index in [0.717, 1.165) is 28.3 Å². The standard InChI is InChI=1S/C21H27BrO5S/c1-14(21(24)26-3)10-16(23)20-12-15-11-17(25-2)18(13-19(15)28-20)27-9-7-5-4-6-8-22/h11-14H,4-10H2,1-3H3/t14-/m0/s1. The van der Waals surface area contributed by atoms with E-state index in [1.807, 2.05) is 18.2 Å². The summed E-state index contributed by atoms with van der Waals surface area (Å²) in [5.74, 6) is 0.461. The first-order valence-electron chi connectivity index (χ1n) is 9.41. The lowest BCUT2D eigenvalue weighted by Gasteiger charge is -2.10. The van der Waals surface area contributed by atoms with Crippen LogP contribution in [0.5, 0.6) is 11.5 Å². The molecule has 0 aliphatic rings. The quantitative estimate of drug-likeness (QED) is 0.174. The molecule has 0 bridgehead atoms. The molecule has 0 unspecified atom stereocenters. The van der Waals surface area contributed by atoms with E-state index in [1.165, 1.54) is 31.3 Å². The lowest BCUT2D eigenvalue weighted by molar-refractivity contribution is -0.144. The maximum absolute atomic E-state index is 12.5. The van der Waals surface area contributed by atoms with Crippen molar-refractivity contribution in [2.45, 2.75) is 39.0 Å². The van der Waals surface area contributed by atoms with Gasteiger partial charge in [0, 0.05) is 22.5 Å². The molecule has 1 atom stereocenters. The smallest absolute Gasteiger partial charge is 0.308 e. The number of Topliss-reactive ketones (excluding diaryl/α,β-unsaturated/α-hetero) is 1. The normalized spacial score (nSPS) is 12.0. The molecular weight excluding hydrogens is 444 g/mol. The Balaban J connectivity index is 2.08. The number of carbonyl (C=O) groups is 2. The molecule has 7 heteroatoms. The van der Waals surface area contributed by atoms with Crippen molar-refractivity contribution in [2.24, 2.45) is 5.92 Å². The van der Waals surface area contributed by atoms with Gasteiger partial charge in [-0.25, -0.2) is 0 Å². The highest BCUT2D eigenvalue weighted by atomic mass is 79.9. The Labute approximate surface area is 178 Å². The van der Waals surface area contributed by atoms with Crippen molar-refractivity contribution >= 4 is 49.1 Å². The summed E-state index contributed by atoms with van der Waals surface area (Å²) in [6.07, 6.45) is 4.62. The number of carbonyl (C=O) groups excluding carboxylic acids is 2. The van der Waals surface area contributed by atoms with Gasteiger partial charge in [-0.05, 0) is 30.4 Å². The maximum atomic E-state index is 12.5. The zero-order valence-corrected chi connectivity index (χ0v) is 19.0. The van der Waals surface area contributed by atoms with Crippen molar-refractivity contribution < 1.29 is 23.8 Å². The largest absolute Gasteiger partial charge is 0.493 e. The van der Waals surface area contributed by atoms with E-state index < -0.39 is 5.92 Å². The van der Waals surface area contributed by atoms with E-state index in [0.29, 0.717) is 23.0 Å². The molecule has 0 aliphatic heterocycles. The number of ketones is 1. The first-order valence-corrected chi connectivity index (χ1v) is 11.3. The van der Waals surface area contributed by atoms with Gasteiger partial charge in [0.1, 0.15) is 0 Å². The van der Waals surface area contributed by atoms with Crippen LogP contribution in [0.4, 0.5) is 0 Å². The first-order chi connectivity index (χ1) is 13.5. The van der Waals surface area contributed by atoms with Crippen molar-refractivity contribution in [3.05, 3.63) is 23.1 Å². The number of hydrogen-bond donors (Lipinski definition) is 0. The van der Waals surface area contributed by atoms with Crippen LogP contribution in [0.1, 0.15) is 48.7 Å². The van der Waals surface area contributed by atoms with E-state index >= 15 is 0 Å². The van der Waals surface area contributed by atoms with Crippen molar-refractivity contribution in [1.82, 2.24) is 0 Å². The van der Waals surface area contributed by atoms with Crippen LogP contribution in [-0.2, 0) is 9.53 Å². The summed E-state index contributed by atoms with van der Waals surface area (Å²) in [4.78, 5) is 24.7. The number of benzene rings is 1. The molecule has 0 saturated carbocycles. The monoisotopic (exact) mass is 470 g/mol. The Morgan fingerprint density at radius 1 is 1.07 bits per heavy atom. The Bertz CT molecular complexity index is 801. The number of ether oxygens (including phenoxy) is 3. The summed E-state index contributed by atoms with van der Waals surface area (Å²) in [6, 6.07) is 5.67. The van der Waals surface area contributed by atoms with E-state index in [4.69, 9.17) is 14.2 Å². The fourth-order valence-corrected chi connectivity index (χ4v) is 4.27. The number of rotatable bonds is 12. The average Bonchev–Trinajstić information content (AvgIpc) is 3.12. The highest BCUT2D eigenvalue weighted by molar-refractivity contribution is 9.09. The fourth-order valence-electron chi connectivity index (χ4n) is 2.85. The van der Waals surface area contributed by atoms with E-state index in [9.17, 15) is 9.59 Å². The number of alkyl halides is 1.